The lowest BCUT2D eigenvalue weighted by molar-refractivity contribution is 0.0653. The molecule has 4 aromatic heterocycles. The van der Waals surface area contributed by atoms with Crippen LogP contribution in [0.15, 0.2) is 47.6 Å². The van der Waals surface area contributed by atoms with Gasteiger partial charge in [0, 0.05) is 24.9 Å². The van der Waals surface area contributed by atoms with E-state index in [1.807, 2.05) is 30.5 Å². The van der Waals surface area contributed by atoms with E-state index >= 15 is 0 Å². The van der Waals surface area contributed by atoms with Crippen LogP contribution in [0, 0.1) is 6.92 Å². The van der Waals surface area contributed by atoms with Crippen molar-refractivity contribution in [3.8, 4) is 0 Å². The standard InChI is InChI=1S/C18H16N6O2/c1-11-17(26-10-21-11)18(25)23-7-5-13-15(20-9-19-13)16(23)14-8-12-4-2-3-6-24(12)22-14/h2-4,6,8-10,16H,5,7H2,1H3,(H,19,20). The molecule has 1 aliphatic rings. The van der Waals surface area contributed by atoms with Crippen molar-refractivity contribution in [2.24, 2.45) is 0 Å². The van der Waals surface area contributed by atoms with Crippen LogP contribution in [-0.4, -0.2) is 41.9 Å². The number of pyridine rings is 1. The molecule has 0 radical (unpaired) electrons. The molecule has 26 heavy (non-hydrogen) atoms. The van der Waals surface area contributed by atoms with Crippen molar-refractivity contribution in [3.05, 3.63) is 71.7 Å². The van der Waals surface area contributed by atoms with Gasteiger partial charge in [-0.2, -0.15) is 5.10 Å². The number of aromatic nitrogens is 5. The predicted molar refractivity (Wildman–Crippen MR) is 91.6 cm³/mol. The highest BCUT2D eigenvalue weighted by atomic mass is 16.3. The molecule has 0 saturated carbocycles. The quantitative estimate of drug-likeness (QED) is 0.599. The number of nitrogens with one attached hydrogen (secondary N) is 1. The van der Waals surface area contributed by atoms with Gasteiger partial charge in [-0.1, -0.05) is 6.07 Å². The molecule has 8 heteroatoms. The summed E-state index contributed by atoms with van der Waals surface area (Å²) in [5, 5.41) is 4.67. The van der Waals surface area contributed by atoms with Gasteiger partial charge >= 0.3 is 0 Å². The Hall–Kier alpha value is -3.42. The summed E-state index contributed by atoms with van der Waals surface area (Å²) in [6.07, 6.45) is 5.56. The lowest BCUT2D eigenvalue weighted by Crippen LogP contribution is -2.41. The number of amides is 1. The molecule has 0 bridgehead atoms. The fourth-order valence-electron chi connectivity index (χ4n) is 3.52. The smallest absolute Gasteiger partial charge is 0.292 e. The molecular weight excluding hydrogens is 332 g/mol. The zero-order valence-electron chi connectivity index (χ0n) is 14.1. The molecule has 4 aromatic rings. The Morgan fingerprint density at radius 2 is 2.27 bits per heavy atom. The van der Waals surface area contributed by atoms with Gasteiger partial charge in [0.05, 0.1) is 28.9 Å². The Bertz CT molecular complexity index is 1070. The first-order valence-corrected chi connectivity index (χ1v) is 8.40. The van der Waals surface area contributed by atoms with Crippen molar-refractivity contribution >= 4 is 11.4 Å². The summed E-state index contributed by atoms with van der Waals surface area (Å²) in [6, 6.07) is 7.48. The molecular formula is C18H16N6O2. The second kappa shape index (κ2) is 5.55. The van der Waals surface area contributed by atoms with E-state index in [1.54, 1.807) is 22.7 Å². The maximum absolute atomic E-state index is 13.1. The van der Waals surface area contributed by atoms with Gasteiger partial charge in [0.2, 0.25) is 5.76 Å². The first-order chi connectivity index (χ1) is 12.7. The van der Waals surface area contributed by atoms with Crippen LogP contribution in [0.2, 0.25) is 0 Å². The Morgan fingerprint density at radius 1 is 1.35 bits per heavy atom. The Balaban J connectivity index is 1.64. The van der Waals surface area contributed by atoms with E-state index < -0.39 is 0 Å². The Morgan fingerprint density at radius 3 is 3.08 bits per heavy atom. The van der Waals surface area contributed by atoms with E-state index in [0.717, 1.165) is 22.6 Å². The average molecular weight is 348 g/mol. The highest BCUT2D eigenvalue weighted by molar-refractivity contribution is 5.93. The van der Waals surface area contributed by atoms with Crippen molar-refractivity contribution in [1.29, 1.82) is 0 Å². The molecule has 1 amide bonds. The average Bonchev–Trinajstić information content (AvgIpc) is 3.38. The molecule has 0 saturated heterocycles. The number of H-pyrrole nitrogens is 1. The number of hydrogen-bond acceptors (Lipinski definition) is 5. The summed E-state index contributed by atoms with van der Waals surface area (Å²) in [4.78, 5) is 26.6. The van der Waals surface area contributed by atoms with Gasteiger partial charge in [0.15, 0.2) is 6.39 Å². The minimum atomic E-state index is -0.373. The molecule has 1 aliphatic heterocycles. The number of oxazole rings is 1. The molecule has 0 aliphatic carbocycles. The molecule has 5 heterocycles. The third-order valence-corrected chi connectivity index (χ3v) is 4.79. The summed E-state index contributed by atoms with van der Waals surface area (Å²) in [5.41, 5.74) is 4.18. The number of carbonyl (C=O) groups is 1. The summed E-state index contributed by atoms with van der Waals surface area (Å²) >= 11 is 0. The lowest BCUT2D eigenvalue weighted by atomic mass is 9.99. The normalized spacial score (nSPS) is 16.8. The van der Waals surface area contributed by atoms with Gasteiger partial charge in [-0.15, -0.1) is 0 Å². The third kappa shape index (κ3) is 2.15. The second-order valence-corrected chi connectivity index (χ2v) is 6.32. The van der Waals surface area contributed by atoms with Gasteiger partial charge in [0.1, 0.15) is 6.04 Å². The number of hydrogen-bond donors (Lipinski definition) is 1. The predicted octanol–water partition coefficient (Wildman–Crippen LogP) is 2.14. The van der Waals surface area contributed by atoms with Crippen LogP contribution in [-0.2, 0) is 6.42 Å². The number of aromatic amines is 1. The van der Waals surface area contributed by atoms with E-state index in [2.05, 4.69) is 20.1 Å². The fraction of sp³-hybridized carbons (Fsp3) is 0.222. The monoisotopic (exact) mass is 348 g/mol. The van der Waals surface area contributed by atoms with Gasteiger partial charge < -0.3 is 14.3 Å². The maximum Gasteiger partial charge on any atom is 0.292 e. The maximum atomic E-state index is 13.1. The Kier molecular flexibility index (Phi) is 3.18. The number of imidazole rings is 1. The largest absolute Gasteiger partial charge is 0.438 e. The molecule has 130 valence electrons. The SMILES string of the molecule is Cc1ncoc1C(=O)N1CCc2[nH]cnc2C1c1cc2ccccn2n1. The van der Waals surface area contributed by atoms with E-state index in [9.17, 15) is 4.79 Å². The summed E-state index contributed by atoms with van der Waals surface area (Å²) < 4.78 is 7.14. The van der Waals surface area contributed by atoms with E-state index in [0.29, 0.717) is 18.7 Å². The molecule has 0 fully saturated rings. The summed E-state index contributed by atoms with van der Waals surface area (Å²) in [5.74, 6) is 0.0634. The molecule has 1 N–H and O–H groups in total. The minimum absolute atomic E-state index is 0.198. The van der Waals surface area contributed by atoms with Gasteiger partial charge in [0.25, 0.3) is 5.91 Å². The minimum Gasteiger partial charge on any atom is -0.438 e. The van der Waals surface area contributed by atoms with Crippen LogP contribution in [0.4, 0.5) is 0 Å². The molecule has 1 atom stereocenters. The molecule has 0 aromatic carbocycles. The number of rotatable bonds is 2. The topological polar surface area (TPSA) is 92.3 Å². The first kappa shape index (κ1) is 14.9. The molecule has 0 spiro atoms. The second-order valence-electron chi connectivity index (χ2n) is 6.32. The zero-order chi connectivity index (χ0) is 17.7. The lowest BCUT2D eigenvalue weighted by Gasteiger charge is -2.33. The van der Waals surface area contributed by atoms with Crippen molar-refractivity contribution in [2.75, 3.05) is 6.54 Å². The fourth-order valence-corrected chi connectivity index (χ4v) is 3.52. The molecule has 8 nitrogen and oxygen atoms in total. The van der Waals surface area contributed by atoms with Crippen molar-refractivity contribution in [1.82, 2.24) is 29.5 Å². The van der Waals surface area contributed by atoms with Crippen LogP contribution in [0.3, 0.4) is 0 Å². The third-order valence-electron chi connectivity index (χ3n) is 4.79. The van der Waals surface area contributed by atoms with Gasteiger partial charge in [-0.05, 0) is 25.1 Å². The number of carbonyl (C=O) groups excluding carboxylic acids is 1. The van der Waals surface area contributed by atoms with Crippen LogP contribution in [0.5, 0.6) is 0 Å². The van der Waals surface area contributed by atoms with Crippen molar-refractivity contribution < 1.29 is 9.21 Å². The van der Waals surface area contributed by atoms with Crippen LogP contribution >= 0.6 is 0 Å². The van der Waals surface area contributed by atoms with Gasteiger partial charge in [-0.25, -0.2) is 14.5 Å². The van der Waals surface area contributed by atoms with Crippen LogP contribution < -0.4 is 0 Å². The van der Waals surface area contributed by atoms with Crippen LogP contribution in [0.25, 0.3) is 5.52 Å². The molecule has 1 unspecified atom stereocenters. The highest BCUT2D eigenvalue weighted by Crippen LogP contribution is 2.34. The van der Waals surface area contributed by atoms with E-state index in [1.165, 1.54) is 6.39 Å². The number of aryl methyl sites for hydroxylation is 1. The van der Waals surface area contributed by atoms with Gasteiger partial charge in [-0.3, -0.25) is 4.79 Å². The zero-order valence-corrected chi connectivity index (χ0v) is 14.1. The number of nitrogens with zero attached hydrogens (tertiary/aromatic N) is 5. The first-order valence-electron chi connectivity index (χ1n) is 8.40. The Labute approximate surface area is 148 Å². The van der Waals surface area contributed by atoms with Crippen LogP contribution in [0.1, 0.15) is 39.4 Å². The van der Waals surface area contributed by atoms with E-state index in [4.69, 9.17) is 4.42 Å². The van der Waals surface area contributed by atoms with Crippen molar-refractivity contribution in [3.63, 3.8) is 0 Å². The molecule has 5 rings (SSSR count). The highest BCUT2D eigenvalue weighted by Gasteiger charge is 2.37. The summed E-state index contributed by atoms with van der Waals surface area (Å²) in [7, 11) is 0. The van der Waals surface area contributed by atoms with Crippen molar-refractivity contribution in [2.45, 2.75) is 19.4 Å². The number of fused-ring (bicyclic) bond motifs is 2. The van der Waals surface area contributed by atoms with E-state index in [-0.39, 0.29) is 17.7 Å². The summed E-state index contributed by atoms with van der Waals surface area (Å²) in [6.45, 7) is 2.31.